The zero-order valence-electron chi connectivity index (χ0n) is 6.98. The molecule has 0 aromatic rings. The molecule has 0 bridgehead atoms. The smallest absolute Gasteiger partial charge is 0.141 e. The minimum absolute atomic E-state index is 0.0541. The van der Waals surface area contributed by atoms with Crippen LogP contribution in [0, 0.1) is 0 Å². The van der Waals surface area contributed by atoms with Gasteiger partial charge in [-0.25, -0.2) is 4.39 Å². The maximum Gasteiger partial charge on any atom is 0.141 e. The van der Waals surface area contributed by atoms with Crippen molar-refractivity contribution < 1.29 is 9.13 Å². The predicted molar refractivity (Wildman–Crippen MR) is 42.4 cm³/mol. The molecule has 66 valence electrons. The van der Waals surface area contributed by atoms with Gasteiger partial charge in [0.05, 0.1) is 19.3 Å². The first kappa shape index (κ1) is 8.94. The highest BCUT2D eigenvalue weighted by Crippen LogP contribution is 2.08. The Hall–Kier alpha value is -0.150. The van der Waals surface area contributed by atoms with Crippen molar-refractivity contribution in [2.75, 3.05) is 19.8 Å². The lowest BCUT2D eigenvalue weighted by atomic mass is 10.2. The SMILES string of the molecule is CCCCN[C@@H]1COC[C@H]1F. The van der Waals surface area contributed by atoms with E-state index in [0.717, 1.165) is 19.4 Å². The molecule has 3 heteroatoms. The number of ether oxygens (including phenoxy) is 1. The molecule has 0 amide bonds. The van der Waals surface area contributed by atoms with Crippen molar-refractivity contribution in [3.05, 3.63) is 0 Å². The van der Waals surface area contributed by atoms with E-state index >= 15 is 0 Å². The summed E-state index contributed by atoms with van der Waals surface area (Å²) in [6, 6.07) is -0.0541. The molecule has 2 atom stereocenters. The van der Waals surface area contributed by atoms with Crippen LogP contribution < -0.4 is 5.32 Å². The summed E-state index contributed by atoms with van der Waals surface area (Å²) in [6.07, 6.45) is 1.47. The molecule has 0 aromatic heterocycles. The van der Waals surface area contributed by atoms with Gasteiger partial charge in [0.2, 0.25) is 0 Å². The molecular formula is C8H16FNO. The monoisotopic (exact) mass is 161 g/mol. The maximum absolute atomic E-state index is 12.8. The first-order valence-electron chi connectivity index (χ1n) is 4.29. The number of hydrogen-bond donors (Lipinski definition) is 1. The molecule has 0 unspecified atom stereocenters. The molecule has 1 aliphatic heterocycles. The van der Waals surface area contributed by atoms with Crippen LogP contribution >= 0.6 is 0 Å². The lowest BCUT2D eigenvalue weighted by molar-refractivity contribution is 0.172. The molecular weight excluding hydrogens is 145 g/mol. The van der Waals surface area contributed by atoms with Crippen LogP contribution in [0.5, 0.6) is 0 Å². The number of hydrogen-bond acceptors (Lipinski definition) is 2. The van der Waals surface area contributed by atoms with Crippen molar-refractivity contribution in [1.82, 2.24) is 5.32 Å². The van der Waals surface area contributed by atoms with E-state index in [-0.39, 0.29) is 12.6 Å². The number of rotatable bonds is 4. The van der Waals surface area contributed by atoms with Gasteiger partial charge in [-0.1, -0.05) is 13.3 Å². The summed E-state index contributed by atoms with van der Waals surface area (Å²) >= 11 is 0. The Kier molecular flexibility index (Phi) is 3.80. The van der Waals surface area contributed by atoms with E-state index in [9.17, 15) is 4.39 Å². The number of unbranched alkanes of at least 4 members (excludes halogenated alkanes) is 1. The van der Waals surface area contributed by atoms with E-state index < -0.39 is 6.17 Å². The fourth-order valence-corrected chi connectivity index (χ4v) is 1.18. The van der Waals surface area contributed by atoms with Crippen LogP contribution in [0.1, 0.15) is 19.8 Å². The highest BCUT2D eigenvalue weighted by atomic mass is 19.1. The Labute approximate surface area is 67.1 Å². The van der Waals surface area contributed by atoms with Crippen molar-refractivity contribution in [3.63, 3.8) is 0 Å². The second kappa shape index (κ2) is 4.67. The second-order valence-electron chi connectivity index (χ2n) is 2.97. The van der Waals surface area contributed by atoms with Crippen LogP contribution in [-0.4, -0.2) is 32.0 Å². The van der Waals surface area contributed by atoms with Crippen molar-refractivity contribution in [1.29, 1.82) is 0 Å². The lowest BCUT2D eigenvalue weighted by Gasteiger charge is -2.11. The Balaban J connectivity index is 2.05. The number of halogens is 1. The summed E-state index contributed by atoms with van der Waals surface area (Å²) in [5.41, 5.74) is 0. The Morgan fingerprint density at radius 3 is 2.91 bits per heavy atom. The Morgan fingerprint density at radius 1 is 1.55 bits per heavy atom. The summed E-state index contributed by atoms with van der Waals surface area (Å²) in [6.45, 7) is 3.83. The van der Waals surface area contributed by atoms with Gasteiger partial charge in [-0.3, -0.25) is 0 Å². The van der Waals surface area contributed by atoms with Gasteiger partial charge in [-0.05, 0) is 13.0 Å². The third kappa shape index (κ3) is 2.75. The van der Waals surface area contributed by atoms with E-state index in [1.165, 1.54) is 0 Å². The van der Waals surface area contributed by atoms with Crippen LogP contribution in [0.2, 0.25) is 0 Å². The topological polar surface area (TPSA) is 21.3 Å². The molecule has 1 fully saturated rings. The van der Waals surface area contributed by atoms with Gasteiger partial charge < -0.3 is 10.1 Å². The summed E-state index contributed by atoms with van der Waals surface area (Å²) in [7, 11) is 0. The minimum atomic E-state index is -0.799. The standard InChI is InChI=1S/C8H16FNO/c1-2-3-4-10-8-6-11-5-7(8)9/h7-8,10H,2-6H2,1H3/t7-,8-/m1/s1. The summed E-state index contributed by atoms with van der Waals surface area (Å²) in [5, 5.41) is 3.13. The fraction of sp³-hybridized carbons (Fsp3) is 1.00. The number of nitrogens with one attached hydrogen (secondary N) is 1. The normalized spacial score (nSPS) is 31.1. The fourth-order valence-electron chi connectivity index (χ4n) is 1.18. The largest absolute Gasteiger partial charge is 0.377 e. The molecule has 1 aliphatic rings. The summed E-state index contributed by atoms with van der Waals surface area (Å²) < 4.78 is 17.8. The molecule has 2 nitrogen and oxygen atoms in total. The van der Waals surface area contributed by atoms with Gasteiger partial charge >= 0.3 is 0 Å². The quantitative estimate of drug-likeness (QED) is 0.624. The average molecular weight is 161 g/mol. The Morgan fingerprint density at radius 2 is 2.36 bits per heavy atom. The predicted octanol–water partition coefficient (Wildman–Crippen LogP) is 1.11. The summed E-state index contributed by atoms with van der Waals surface area (Å²) in [4.78, 5) is 0. The van der Waals surface area contributed by atoms with Gasteiger partial charge in [-0.2, -0.15) is 0 Å². The zero-order valence-corrected chi connectivity index (χ0v) is 6.98. The van der Waals surface area contributed by atoms with Crippen molar-refractivity contribution in [2.24, 2.45) is 0 Å². The van der Waals surface area contributed by atoms with Gasteiger partial charge in [0.25, 0.3) is 0 Å². The van der Waals surface area contributed by atoms with E-state index in [1.54, 1.807) is 0 Å². The van der Waals surface area contributed by atoms with E-state index in [2.05, 4.69) is 12.2 Å². The highest BCUT2D eigenvalue weighted by Gasteiger charge is 2.26. The molecule has 0 radical (unpaired) electrons. The van der Waals surface area contributed by atoms with Crippen LogP contribution in [-0.2, 0) is 4.74 Å². The molecule has 1 saturated heterocycles. The van der Waals surface area contributed by atoms with E-state index in [4.69, 9.17) is 4.74 Å². The van der Waals surface area contributed by atoms with Crippen molar-refractivity contribution >= 4 is 0 Å². The van der Waals surface area contributed by atoms with E-state index in [1.807, 2.05) is 0 Å². The first-order chi connectivity index (χ1) is 5.34. The Bertz CT molecular complexity index is 110. The second-order valence-corrected chi connectivity index (χ2v) is 2.97. The average Bonchev–Trinajstić information content (AvgIpc) is 2.37. The molecule has 1 heterocycles. The minimum Gasteiger partial charge on any atom is -0.377 e. The summed E-state index contributed by atoms with van der Waals surface area (Å²) in [5.74, 6) is 0. The third-order valence-corrected chi connectivity index (χ3v) is 1.95. The third-order valence-electron chi connectivity index (χ3n) is 1.95. The first-order valence-corrected chi connectivity index (χ1v) is 4.29. The molecule has 0 saturated carbocycles. The molecule has 0 spiro atoms. The van der Waals surface area contributed by atoms with E-state index in [0.29, 0.717) is 6.61 Å². The van der Waals surface area contributed by atoms with Crippen LogP contribution in [0.25, 0.3) is 0 Å². The molecule has 0 aromatic carbocycles. The van der Waals surface area contributed by atoms with Crippen LogP contribution in [0.15, 0.2) is 0 Å². The molecule has 0 aliphatic carbocycles. The van der Waals surface area contributed by atoms with Crippen molar-refractivity contribution in [3.8, 4) is 0 Å². The van der Waals surface area contributed by atoms with Crippen LogP contribution in [0.3, 0.4) is 0 Å². The lowest BCUT2D eigenvalue weighted by Crippen LogP contribution is -2.37. The maximum atomic E-state index is 12.8. The van der Waals surface area contributed by atoms with Gasteiger partial charge in [0, 0.05) is 0 Å². The zero-order chi connectivity index (χ0) is 8.10. The van der Waals surface area contributed by atoms with Crippen molar-refractivity contribution in [2.45, 2.75) is 32.0 Å². The molecule has 1 N–H and O–H groups in total. The van der Waals surface area contributed by atoms with Crippen LogP contribution in [0.4, 0.5) is 4.39 Å². The molecule has 11 heavy (non-hydrogen) atoms. The molecule has 1 rings (SSSR count). The van der Waals surface area contributed by atoms with Gasteiger partial charge in [-0.15, -0.1) is 0 Å². The number of alkyl halides is 1. The highest BCUT2D eigenvalue weighted by molar-refractivity contribution is 4.80. The van der Waals surface area contributed by atoms with Gasteiger partial charge in [0.1, 0.15) is 6.17 Å². The van der Waals surface area contributed by atoms with Gasteiger partial charge in [0.15, 0.2) is 0 Å².